The molecule has 1 fully saturated rings. The van der Waals surface area contributed by atoms with E-state index in [1.807, 2.05) is 0 Å². The van der Waals surface area contributed by atoms with Gasteiger partial charge in [0.2, 0.25) is 0 Å². The Bertz CT molecular complexity index is 664. The summed E-state index contributed by atoms with van der Waals surface area (Å²) < 4.78 is 2.25. The van der Waals surface area contributed by atoms with E-state index in [9.17, 15) is 0 Å². The van der Waals surface area contributed by atoms with Crippen molar-refractivity contribution in [3.05, 3.63) is 42.2 Å². The predicted molar refractivity (Wildman–Crippen MR) is 91.4 cm³/mol. The van der Waals surface area contributed by atoms with E-state index in [0.717, 1.165) is 12.1 Å². The Hall–Kier alpha value is -1.77. The van der Waals surface area contributed by atoms with Crippen molar-refractivity contribution in [3.63, 3.8) is 0 Å². The molecule has 0 saturated heterocycles. The molecule has 2 heterocycles. The molecular formula is C19H25N3. The van der Waals surface area contributed by atoms with Gasteiger partial charge in [-0.05, 0) is 44.2 Å². The highest BCUT2D eigenvalue weighted by molar-refractivity contribution is 5.57. The van der Waals surface area contributed by atoms with Gasteiger partial charge in [0.05, 0.1) is 5.69 Å². The minimum Gasteiger partial charge on any atom is -0.367 e. The molecule has 3 nitrogen and oxygen atoms in total. The lowest BCUT2D eigenvalue weighted by Crippen LogP contribution is -2.24. The van der Waals surface area contributed by atoms with Crippen molar-refractivity contribution >= 4 is 11.5 Å². The molecule has 2 aliphatic carbocycles. The Morgan fingerprint density at radius 3 is 2.77 bits per heavy atom. The molecule has 0 bridgehead atoms. The normalized spacial score (nSPS) is 23.0. The first kappa shape index (κ1) is 13.9. The van der Waals surface area contributed by atoms with Gasteiger partial charge in [-0.3, -0.25) is 4.40 Å². The van der Waals surface area contributed by atoms with Crippen LogP contribution in [-0.4, -0.2) is 15.4 Å². The summed E-state index contributed by atoms with van der Waals surface area (Å²) in [6.07, 6.45) is 17.0. The lowest BCUT2D eigenvalue weighted by molar-refractivity contribution is 0.460. The molecule has 4 rings (SSSR count). The highest BCUT2D eigenvalue weighted by Crippen LogP contribution is 2.35. The molecular weight excluding hydrogens is 270 g/mol. The van der Waals surface area contributed by atoms with Gasteiger partial charge >= 0.3 is 0 Å². The van der Waals surface area contributed by atoms with Crippen molar-refractivity contribution in [2.24, 2.45) is 0 Å². The molecule has 1 unspecified atom stereocenters. The van der Waals surface area contributed by atoms with E-state index in [1.54, 1.807) is 0 Å². The first-order valence-electron chi connectivity index (χ1n) is 8.80. The van der Waals surface area contributed by atoms with Gasteiger partial charge in [0.15, 0.2) is 0 Å². The zero-order valence-electron chi connectivity index (χ0n) is 13.2. The maximum atomic E-state index is 4.97. The summed E-state index contributed by atoms with van der Waals surface area (Å²) >= 11 is 0. The van der Waals surface area contributed by atoms with Crippen LogP contribution in [-0.2, 0) is 0 Å². The fraction of sp³-hybridized carbons (Fsp3) is 0.526. The topological polar surface area (TPSA) is 29.3 Å². The second kappa shape index (κ2) is 6.15. The third kappa shape index (κ3) is 2.65. The van der Waals surface area contributed by atoms with E-state index < -0.39 is 0 Å². The van der Waals surface area contributed by atoms with Crippen molar-refractivity contribution in [2.45, 2.75) is 63.3 Å². The van der Waals surface area contributed by atoms with Gasteiger partial charge in [0.25, 0.3) is 0 Å². The number of hydrogen-bond acceptors (Lipinski definition) is 2. The van der Waals surface area contributed by atoms with Crippen LogP contribution in [0.3, 0.4) is 0 Å². The molecule has 2 aromatic heterocycles. The van der Waals surface area contributed by atoms with E-state index in [-0.39, 0.29) is 0 Å². The summed E-state index contributed by atoms with van der Waals surface area (Å²) in [5, 5.41) is 3.85. The fourth-order valence-electron chi connectivity index (χ4n) is 3.92. The van der Waals surface area contributed by atoms with Gasteiger partial charge in [-0.25, -0.2) is 4.98 Å². The minimum absolute atomic E-state index is 0.566. The molecule has 0 radical (unpaired) electrons. The van der Waals surface area contributed by atoms with Crippen LogP contribution in [0.1, 0.15) is 63.0 Å². The first-order chi connectivity index (χ1) is 10.9. The summed E-state index contributed by atoms with van der Waals surface area (Å²) in [6, 6.07) is 6.92. The molecule has 1 saturated carbocycles. The van der Waals surface area contributed by atoms with E-state index >= 15 is 0 Å². The molecule has 0 aliphatic heterocycles. The highest BCUT2D eigenvalue weighted by Gasteiger charge is 2.24. The van der Waals surface area contributed by atoms with E-state index in [4.69, 9.17) is 4.98 Å². The second-order valence-electron chi connectivity index (χ2n) is 6.74. The number of rotatable bonds is 3. The highest BCUT2D eigenvalue weighted by atomic mass is 15.1. The van der Waals surface area contributed by atoms with Crippen LogP contribution in [0.4, 0.5) is 5.82 Å². The molecule has 3 heteroatoms. The molecule has 2 aromatic rings. The molecule has 116 valence electrons. The van der Waals surface area contributed by atoms with Crippen molar-refractivity contribution in [1.82, 2.24) is 9.38 Å². The maximum absolute atomic E-state index is 4.97. The van der Waals surface area contributed by atoms with Crippen molar-refractivity contribution < 1.29 is 0 Å². The molecule has 2 aliphatic rings. The molecule has 0 spiro atoms. The largest absolute Gasteiger partial charge is 0.367 e. The van der Waals surface area contributed by atoms with Crippen LogP contribution in [0.2, 0.25) is 0 Å². The number of pyridine rings is 1. The number of hydrogen-bond donors (Lipinski definition) is 1. The molecule has 0 aromatic carbocycles. The molecule has 22 heavy (non-hydrogen) atoms. The number of anilines is 1. The monoisotopic (exact) mass is 295 g/mol. The standard InChI is InChI=1S/C19H25N3/c1-3-9-15(10-4-1)18-19(20-16-11-5-2-6-12-16)22-14-8-7-13-17(22)21-18/h1,3,7-8,13-16,20H,2,4-6,9-12H2. The van der Waals surface area contributed by atoms with E-state index in [0.29, 0.717) is 12.0 Å². The average Bonchev–Trinajstić information content (AvgIpc) is 2.95. The van der Waals surface area contributed by atoms with Gasteiger partial charge in [0, 0.05) is 18.2 Å². The third-order valence-electron chi connectivity index (χ3n) is 5.16. The van der Waals surface area contributed by atoms with Gasteiger partial charge in [-0.1, -0.05) is 37.5 Å². The van der Waals surface area contributed by atoms with Gasteiger partial charge in [-0.2, -0.15) is 0 Å². The van der Waals surface area contributed by atoms with Crippen LogP contribution < -0.4 is 5.32 Å². The molecule has 1 atom stereocenters. The zero-order chi connectivity index (χ0) is 14.8. The summed E-state index contributed by atoms with van der Waals surface area (Å²) in [7, 11) is 0. The number of nitrogens with one attached hydrogen (secondary N) is 1. The minimum atomic E-state index is 0.566. The quantitative estimate of drug-likeness (QED) is 0.816. The summed E-state index contributed by atoms with van der Waals surface area (Å²) in [5.74, 6) is 1.82. The second-order valence-corrected chi connectivity index (χ2v) is 6.74. The fourth-order valence-corrected chi connectivity index (χ4v) is 3.92. The lowest BCUT2D eigenvalue weighted by Gasteiger charge is -2.25. The van der Waals surface area contributed by atoms with Crippen LogP contribution in [0, 0.1) is 0 Å². The lowest BCUT2D eigenvalue weighted by atomic mass is 9.91. The van der Waals surface area contributed by atoms with Crippen LogP contribution in [0.5, 0.6) is 0 Å². The summed E-state index contributed by atoms with van der Waals surface area (Å²) in [6.45, 7) is 0. The first-order valence-corrected chi connectivity index (χ1v) is 8.80. The smallest absolute Gasteiger partial charge is 0.138 e. The van der Waals surface area contributed by atoms with Crippen LogP contribution in [0.15, 0.2) is 36.5 Å². The SMILES string of the molecule is C1=CCC(c2nc3ccccn3c2NC2CCCCC2)CC1. The molecule has 1 N–H and O–H groups in total. The van der Waals surface area contributed by atoms with Gasteiger partial charge in [0.1, 0.15) is 11.5 Å². The Morgan fingerprint density at radius 1 is 1.05 bits per heavy atom. The summed E-state index contributed by atoms with van der Waals surface area (Å²) in [4.78, 5) is 4.97. The Kier molecular flexibility index (Phi) is 3.88. The number of aromatic nitrogens is 2. The Labute approximate surface area is 132 Å². The average molecular weight is 295 g/mol. The number of nitrogens with zero attached hydrogens (tertiary/aromatic N) is 2. The van der Waals surface area contributed by atoms with Crippen LogP contribution in [0.25, 0.3) is 5.65 Å². The summed E-state index contributed by atoms with van der Waals surface area (Å²) in [5.41, 5.74) is 2.35. The van der Waals surface area contributed by atoms with E-state index in [2.05, 4.69) is 46.3 Å². The Morgan fingerprint density at radius 2 is 1.95 bits per heavy atom. The number of allylic oxidation sites excluding steroid dienone is 2. The number of fused-ring (bicyclic) bond motifs is 1. The van der Waals surface area contributed by atoms with Crippen molar-refractivity contribution in [3.8, 4) is 0 Å². The third-order valence-corrected chi connectivity index (χ3v) is 5.16. The van der Waals surface area contributed by atoms with Crippen molar-refractivity contribution in [2.75, 3.05) is 5.32 Å². The van der Waals surface area contributed by atoms with Crippen molar-refractivity contribution in [1.29, 1.82) is 0 Å². The van der Waals surface area contributed by atoms with Gasteiger partial charge in [-0.15, -0.1) is 0 Å². The van der Waals surface area contributed by atoms with Gasteiger partial charge < -0.3 is 5.32 Å². The Balaban J connectivity index is 1.70. The van der Waals surface area contributed by atoms with Crippen LogP contribution >= 0.6 is 0 Å². The number of imidazole rings is 1. The zero-order valence-corrected chi connectivity index (χ0v) is 13.2. The molecule has 0 amide bonds. The maximum Gasteiger partial charge on any atom is 0.138 e. The van der Waals surface area contributed by atoms with E-state index in [1.165, 1.54) is 56.5 Å². The predicted octanol–water partition coefficient (Wildman–Crippen LogP) is 4.90.